The van der Waals surface area contributed by atoms with Gasteiger partial charge in [-0.1, -0.05) is 39.0 Å². The predicted molar refractivity (Wildman–Crippen MR) is 72.1 cm³/mol. The van der Waals surface area contributed by atoms with E-state index in [1.165, 1.54) is 0 Å². The Morgan fingerprint density at radius 2 is 1.81 bits per heavy atom. The lowest BCUT2D eigenvalue weighted by Gasteiger charge is -2.28. The molecule has 0 radical (unpaired) electrons. The fourth-order valence-electron chi connectivity index (χ4n) is 1.96. The van der Waals surface area contributed by atoms with Crippen LogP contribution in [0.3, 0.4) is 0 Å². The maximum atomic E-state index is 4.24. The van der Waals surface area contributed by atoms with E-state index >= 15 is 0 Å². The van der Waals surface area contributed by atoms with Gasteiger partial charge in [0.15, 0.2) is 0 Å². The molecule has 0 saturated heterocycles. The molecule has 16 heavy (non-hydrogen) atoms. The predicted octanol–water partition coefficient (Wildman–Crippen LogP) is 4.11. The number of hydrogen-bond donors (Lipinski definition) is 0. The van der Waals surface area contributed by atoms with Crippen LogP contribution in [0.15, 0.2) is 28.2 Å². The van der Waals surface area contributed by atoms with Crippen molar-refractivity contribution in [2.24, 2.45) is 15.4 Å². The van der Waals surface area contributed by atoms with E-state index < -0.39 is 0 Å². The third kappa shape index (κ3) is 2.38. The average molecular weight is 216 g/mol. The van der Waals surface area contributed by atoms with Gasteiger partial charge in [0, 0.05) is 5.56 Å². The molecule has 2 heteroatoms. The summed E-state index contributed by atoms with van der Waals surface area (Å²) in [6.07, 6.45) is 0. The summed E-state index contributed by atoms with van der Waals surface area (Å²) in [5.74, 6) is 0. The van der Waals surface area contributed by atoms with Gasteiger partial charge in [-0.15, -0.1) is 0 Å². The van der Waals surface area contributed by atoms with Crippen molar-refractivity contribution in [1.82, 2.24) is 0 Å². The van der Waals surface area contributed by atoms with Gasteiger partial charge in [-0.25, -0.2) is 0 Å². The standard InChI is InChI=1S/C14H20N2/c1-10-8-7-9-11(12(10)15-5)13(16-6)14(2,3)4/h7-9,13H,5-6H2,1-4H3. The Bertz CT molecular complexity index is 400. The Labute approximate surface area is 98.1 Å². The Balaban J connectivity index is 3.36. The third-order valence-corrected chi connectivity index (χ3v) is 2.72. The van der Waals surface area contributed by atoms with Gasteiger partial charge in [-0.2, -0.15) is 0 Å². The second kappa shape index (κ2) is 4.60. The highest BCUT2D eigenvalue weighted by molar-refractivity contribution is 5.58. The molecule has 1 unspecified atom stereocenters. The van der Waals surface area contributed by atoms with Crippen molar-refractivity contribution in [3.63, 3.8) is 0 Å². The first-order valence-corrected chi connectivity index (χ1v) is 5.44. The summed E-state index contributed by atoms with van der Waals surface area (Å²) in [7, 11) is 0. The van der Waals surface area contributed by atoms with E-state index in [9.17, 15) is 0 Å². The number of aliphatic imine (C=N–C) groups is 2. The third-order valence-electron chi connectivity index (χ3n) is 2.72. The minimum atomic E-state index is 0.0367. The molecule has 1 atom stereocenters. The van der Waals surface area contributed by atoms with Crippen molar-refractivity contribution < 1.29 is 0 Å². The molecular weight excluding hydrogens is 196 g/mol. The van der Waals surface area contributed by atoms with Gasteiger partial charge in [0.2, 0.25) is 0 Å². The first-order chi connectivity index (χ1) is 7.41. The molecule has 0 aliphatic heterocycles. The molecule has 0 aromatic heterocycles. The fraction of sp³-hybridized carbons (Fsp3) is 0.429. The SMILES string of the molecule is C=Nc1c(C)cccc1C(N=C)C(C)(C)C. The molecule has 0 bridgehead atoms. The van der Waals surface area contributed by atoms with E-state index in [1.54, 1.807) is 0 Å². The van der Waals surface area contributed by atoms with Crippen LogP contribution >= 0.6 is 0 Å². The summed E-state index contributed by atoms with van der Waals surface area (Å²) in [4.78, 5) is 8.36. The second-order valence-electron chi connectivity index (χ2n) is 5.12. The van der Waals surface area contributed by atoms with Crippen LogP contribution in [0.25, 0.3) is 0 Å². The number of benzene rings is 1. The van der Waals surface area contributed by atoms with Gasteiger partial charge in [-0.05, 0) is 31.3 Å². The molecule has 1 rings (SSSR count). The van der Waals surface area contributed by atoms with Crippen molar-refractivity contribution >= 4 is 19.1 Å². The smallest absolute Gasteiger partial charge is 0.0810 e. The minimum absolute atomic E-state index is 0.0367. The number of hydrogen-bond acceptors (Lipinski definition) is 2. The Hall–Kier alpha value is -1.44. The quantitative estimate of drug-likeness (QED) is 0.679. The number of rotatable bonds is 3. The summed E-state index contributed by atoms with van der Waals surface area (Å²) < 4.78 is 0. The summed E-state index contributed by atoms with van der Waals surface area (Å²) >= 11 is 0. The van der Waals surface area contributed by atoms with Crippen molar-refractivity contribution in [3.8, 4) is 0 Å². The first kappa shape index (κ1) is 12.6. The zero-order valence-corrected chi connectivity index (χ0v) is 10.6. The first-order valence-electron chi connectivity index (χ1n) is 5.44. The lowest BCUT2D eigenvalue weighted by atomic mass is 9.81. The fourth-order valence-corrected chi connectivity index (χ4v) is 1.96. The van der Waals surface area contributed by atoms with Crippen molar-refractivity contribution in [3.05, 3.63) is 29.3 Å². The number of para-hydroxylation sites is 1. The summed E-state index contributed by atoms with van der Waals surface area (Å²) in [6, 6.07) is 6.18. The summed E-state index contributed by atoms with van der Waals surface area (Å²) in [6.45, 7) is 15.8. The van der Waals surface area contributed by atoms with Crippen LogP contribution < -0.4 is 0 Å². The average Bonchev–Trinajstić information content (AvgIpc) is 2.17. The maximum absolute atomic E-state index is 4.24. The molecule has 0 saturated carbocycles. The van der Waals surface area contributed by atoms with E-state index in [1.807, 2.05) is 19.1 Å². The van der Waals surface area contributed by atoms with Gasteiger partial charge in [0.1, 0.15) is 0 Å². The normalized spacial score (nSPS) is 13.2. The lowest BCUT2D eigenvalue weighted by Crippen LogP contribution is -2.16. The van der Waals surface area contributed by atoms with Gasteiger partial charge in [0.25, 0.3) is 0 Å². The number of aryl methyl sites for hydroxylation is 1. The zero-order valence-electron chi connectivity index (χ0n) is 10.6. The van der Waals surface area contributed by atoms with E-state index in [0.29, 0.717) is 0 Å². The van der Waals surface area contributed by atoms with E-state index in [4.69, 9.17) is 0 Å². The molecule has 0 aliphatic rings. The van der Waals surface area contributed by atoms with Crippen LogP contribution in [0.4, 0.5) is 5.69 Å². The molecular formula is C14H20N2. The molecule has 0 fully saturated rings. The van der Waals surface area contributed by atoms with Crippen molar-refractivity contribution in [2.45, 2.75) is 33.7 Å². The van der Waals surface area contributed by atoms with Crippen LogP contribution in [0.5, 0.6) is 0 Å². The molecule has 0 spiro atoms. The van der Waals surface area contributed by atoms with Gasteiger partial charge in [0.05, 0.1) is 11.7 Å². The number of nitrogens with zero attached hydrogens (tertiary/aromatic N) is 2. The Morgan fingerprint density at radius 3 is 2.25 bits per heavy atom. The van der Waals surface area contributed by atoms with Crippen LogP contribution in [-0.2, 0) is 0 Å². The highest BCUT2D eigenvalue weighted by Crippen LogP contribution is 2.41. The second-order valence-corrected chi connectivity index (χ2v) is 5.12. The maximum Gasteiger partial charge on any atom is 0.0810 e. The molecule has 2 nitrogen and oxygen atoms in total. The molecule has 0 amide bonds. The topological polar surface area (TPSA) is 24.7 Å². The lowest BCUT2D eigenvalue weighted by molar-refractivity contribution is 0.331. The van der Waals surface area contributed by atoms with Gasteiger partial charge in [-0.3, -0.25) is 9.98 Å². The molecule has 1 aromatic carbocycles. The van der Waals surface area contributed by atoms with Gasteiger partial charge < -0.3 is 0 Å². The molecule has 0 aliphatic carbocycles. The highest BCUT2D eigenvalue weighted by atomic mass is 14.8. The minimum Gasteiger partial charge on any atom is -0.292 e. The zero-order chi connectivity index (χ0) is 12.3. The highest BCUT2D eigenvalue weighted by Gasteiger charge is 2.27. The molecule has 86 valence electrons. The summed E-state index contributed by atoms with van der Waals surface area (Å²) in [5, 5.41) is 0. The largest absolute Gasteiger partial charge is 0.292 e. The van der Waals surface area contributed by atoms with Crippen molar-refractivity contribution in [1.29, 1.82) is 0 Å². The van der Waals surface area contributed by atoms with Crippen LogP contribution in [0.1, 0.15) is 37.9 Å². The van der Waals surface area contributed by atoms with E-state index in [2.05, 4.69) is 50.3 Å². The molecule has 1 aromatic rings. The van der Waals surface area contributed by atoms with Crippen LogP contribution in [0, 0.1) is 12.3 Å². The monoisotopic (exact) mass is 216 g/mol. The van der Waals surface area contributed by atoms with Crippen LogP contribution in [-0.4, -0.2) is 13.4 Å². The molecule has 0 N–H and O–H groups in total. The Morgan fingerprint density at radius 1 is 1.19 bits per heavy atom. The van der Waals surface area contributed by atoms with E-state index in [-0.39, 0.29) is 11.5 Å². The summed E-state index contributed by atoms with van der Waals surface area (Å²) in [5.41, 5.74) is 3.22. The van der Waals surface area contributed by atoms with E-state index in [0.717, 1.165) is 16.8 Å². The van der Waals surface area contributed by atoms with Gasteiger partial charge >= 0.3 is 0 Å². The molecule has 0 heterocycles. The Kier molecular flexibility index (Phi) is 3.63. The van der Waals surface area contributed by atoms with Crippen LogP contribution in [0.2, 0.25) is 0 Å². The van der Waals surface area contributed by atoms with Crippen molar-refractivity contribution in [2.75, 3.05) is 0 Å².